The summed E-state index contributed by atoms with van der Waals surface area (Å²) < 4.78 is 93.8. The van der Waals surface area contributed by atoms with Crippen LogP contribution in [0.25, 0.3) is 16.7 Å². The second kappa shape index (κ2) is 8.41. The summed E-state index contributed by atoms with van der Waals surface area (Å²) in [6.07, 6.45) is -0.918. The largest absolute Gasteiger partial charge is 0.390 e. The normalized spacial score (nSPS) is 20.8. The number of sulfonamides is 1. The first-order valence-electron chi connectivity index (χ1n) is 11.8. The van der Waals surface area contributed by atoms with Crippen molar-refractivity contribution in [3.05, 3.63) is 54.5 Å². The van der Waals surface area contributed by atoms with Gasteiger partial charge in [0.15, 0.2) is 5.65 Å². The van der Waals surface area contributed by atoms with Crippen molar-refractivity contribution in [2.45, 2.75) is 42.9 Å². The molecule has 0 radical (unpaired) electrons. The Morgan fingerprint density at radius 3 is 2.34 bits per heavy atom. The van der Waals surface area contributed by atoms with Crippen LogP contribution in [0.2, 0.25) is 0 Å². The number of imidazole rings is 1. The van der Waals surface area contributed by atoms with Crippen molar-refractivity contribution in [2.75, 3.05) is 23.7 Å². The smallest absolute Gasteiger partial charge is 0.336 e. The number of rotatable bonds is 6. The summed E-state index contributed by atoms with van der Waals surface area (Å²) >= 11 is 0. The van der Waals surface area contributed by atoms with Gasteiger partial charge in [0.1, 0.15) is 0 Å². The maximum Gasteiger partial charge on any atom is 0.390 e. The van der Waals surface area contributed by atoms with E-state index in [4.69, 9.17) is 0 Å². The number of hydrogen-bond donors (Lipinski definition) is 0. The summed E-state index contributed by atoms with van der Waals surface area (Å²) in [5.41, 5.74) is 2.26. The Morgan fingerprint density at radius 1 is 0.974 bits per heavy atom. The zero-order chi connectivity index (χ0) is 27.0. The number of fused-ring (bicyclic) bond motifs is 5. The van der Waals surface area contributed by atoms with E-state index in [1.54, 1.807) is 28.8 Å². The summed E-state index contributed by atoms with van der Waals surface area (Å²) in [4.78, 5) is 10.9. The molecule has 3 aromatic heterocycles. The molecule has 2 aliphatic heterocycles. The second-order valence-electron chi connectivity index (χ2n) is 9.66. The lowest BCUT2D eigenvalue weighted by Gasteiger charge is -2.33. The van der Waals surface area contributed by atoms with Crippen molar-refractivity contribution in [1.82, 2.24) is 22.6 Å². The minimum atomic E-state index is -4.55. The molecule has 2 bridgehead atoms. The molecule has 1 aromatic carbocycles. The number of alkyl halides is 3. The van der Waals surface area contributed by atoms with Gasteiger partial charge in [-0.1, -0.05) is 17.7 Å². The van der Waals surface area contributed by atoms with E-state index < -0.39 is 44.4 Å². The molecule has 2 aliphatic rings. The third-order valence-corrected chi connectivity index (χ3v) is 10.7. The average Bonchev–Trinajstić information content (AvgIpc) is 3.63. The van der Waals surface area contributed by atoms with Gasteiger partial charge in [-0.25, -0.2) is 30.8 Å². The number of aryl methyl sites for hydroxylation is 1. The lowest BCUT2D eigenvalue weighted by molar-refractivity contribution is -0.130. The molecule has 202 valence electrons. The van der Waals surface area contributed by atoms with Crippen molar-refractivity contribution < 1.29 is 30.0 Å². The summed E-state index contributed by atoms with van der Waals surface area (Å²) in [6.45, 7) is 2.19. The van der Waals surface area contributed by atoms with Gasteiger partial charge in [-0.05, 0) is 31.5 Å². The molecule has 0 aliphatic carbocycles. The van der Waals surface area contributed by atoms with Crippen LogP contribution in [0, 0.1) is 6.92 Å². The van der Waals surface area contributed by atoms with E-state index in [0.29, 0.717) is 23.4 Å². The van der Waals surface area contributed by atoms with Gasteiger partial charge in [-0.3, -0.25) is 4.40 Å². The molecule has 10 nitrogen and oxygen atoms in total. The van der Waals surface area contributed by atoms with Gasteiger partial charge in [-0.15, -0.1) is 0 Å². The molecule has 38 heavy (non-hydrogen) atoms. The van der Waals surface area contributed by atoms with Gasteiger partial charge in [0, 0.05) is 31.4 Å². The lowest BCUT2D eigenvalue weighted by Crippen LogP contribution is -2.50. The lowest BCUT2D eigenvalue weighted by atomic mass is 10.2. The average molecular weight is 569 g/mol. The maximum absolute atomic E-state index is 13.3. The van der Waals surface area contributed by atoms with Gasteiger partial charge < -0.3 is 4.90 Å². The standard InChI is InChI=1S/C23H23F3N6O4S2/c1-15-2-4-19(5-3-15)38(35,36)30-8-6-20-21(30)27-11-18-12-28-22(32(18)20)29-13-17-10-16(29)14-31(17)37(33,34)9-7-23(24,25)26/h2-6,8,11-12,16-17H,7,9-10,13-14H2,1H3/t16-,17-/m0/s1. The Hall–Kier alpha value is -3.17. The van der Waals surface area contributed by atoms with Crippen molar-refractivity contribution in [2.24, 2.45) is 0 Å². The minimum Gasteiger partial charge on any atom is -0.336 e. The molecule has 15 heteroatoms. The number of anilines is 1. The van der Waals surface area contributed by atoms with Gasteiger partial charge >= 0.3 is 6.18 Å². The fourth-order valence-electron chi connectivity index (χ4n) is 5.31. The van der Waals surface area contributed by atoms with E-state index >= 15 is 0 Å². The van der Waals surface area contributed by atoms with Crippen LogP contribution in [0.5, 0.6) is 0 Å². The van der Waals surface area contributed by atoms with Crippen LogP contribution >= 0.6 is 0 Å². The number of piperazine rings is 1. The molecule has 6 rings (SSSR count). The topological polar surface area (TPSA) is 110 Å². The second-order valence-corrected chi connectivity index (χ2v) is 13.5. The Bertz CT molecular complexity index is 1760. The zero-order valence-electron chi connectivity index (χ0n) is 20.1. The molecule has 0 amide bonds. The van der Waals surface area contributed by atoms with E-state index in [0.717, 1.165) is 9.54 Å². The minimum absolute atomic E-state index is 0.0663. The third-order valence-electron chi connectivity index (χ3n) is 7.16. The van der Waals surface area contributed by atoms with Gasteiger partial charge in [0.25, 0.3) is 10.0 Å². The Labute approximate surface area is 216 Å². The Morgan fingerprint density at radius 2 is 1.68 bits per heavy atom. The zero-order valence-corrected chi connectivity index (χ0v) is 21.7. The van der Waals surface area contributed by atoms with E-state index in [1.807, 2.05) is 11.8 Å². The van der Waals surface area contributed by atoms with Gasteiger partial charge in [0.05, 0.1) is 40.5 Å². The maximum atomic E-state index is 13.3. The van der Waals surface area contributed by atoms with Crippen molar-refractivity contribution in [1.29, 1.82) is 0 Å². The summed E-state index contributed by atoms with van der Waals surface area (Å²) in [7, 11) is -7.97. The fraction of sp³-hybridized carbons (Fsp3) is 0.391. The molecule has 2 fully saturated rings. The van der Waals surface area contributed by atoms with Gasteiger partial charge in [0.2, 0.25) is 16.0 Å². The molecule has 4 aromatic rings. The molecular formula is C23H23F3N6O4S2. The van der Waals surface area contributed by atoms with Crippen LogP contribution < -0.4 is 4.90 Å². The van der Waals surface area contributed by atoms with E-state index in [9.17, 15) is 30.0 Å². The van der Waals surface area contributed by atoms with Crippen molar-refractivity contribution in [3.63, 3.8) is 0 Å². The molecule has 0 N–H and O–H groups in total. The summed E-state index contributed by atoms with van der Waals surface area (Å²) in [6, 6.07) is 7.40. The number of halogens is 3. The van der Waals surface area contributed by atoms with Crippen LogP contribution in [0.4, 0.5) is 19.1 Å². The van der Waals surface area contributed by atoms with Crippen molar-refractivity contribution in [3.8, 4) is 0 Å². The van der Waals surface area contributed by atoms with Crippen LogP contribution in [0.15, 0.2) is 53.8 Å². The molecule has 0 saturated carbocycles. The highest BCUT2D eigenvalue weighted by molar-refractivity contribution is 7.90. The number of hydrogen-bond acceptors (Lipinski definition) is 7. The first kappa shape index (κ1) is 25.1. The van der Waals surface area contributed by atoms with Crippen LogP contribution in [0.1, 0.15) is 18.4 Å². The molecule has 2 atom stereocenters. The fourth-order valence-corrected chi connectivity index (χ4v) is 8.34. The van der Waals surface area contributed by atoms with Crippen molar-refractivity contribution >= 4 is 42.7 Å². The number of nitrogens with zero attached hydrogens (tertiary/aromatic N) is 6. The van der Waals surface area contributed by atoms with E-state index in [2.05, 4.69) is 9.97 Å². The highest BCUT2D eigenvalue weighted by atomic mass is 32.2. The Balaban J connectivity index is 1.33. The molecular weight excluding hydrogens is 545 g/mol. The van der Waals surface area contributed by atoms with Crippen LogP contribution in [0.3, 0.4) is 0 Å². The van der Waals surface area contributed by atoms with E-state index in [1.165, 1.54) is 28.8 Å². The van der Waals surface area contributed by atoms with Crippen LogP contribution in [-0.2, 0) is 20.0 Å². The van der Waals surface area contributed by atoms with Gasteiger partial charge in [-0.2, -0.15) is 17.5 Å². The number of benzene rings is 1. The first-order chi connectivity index (χ1) is 17.8. The third kappa shape index (κ3) is 4.03. The van der Waals surface area contributed by atoms with Crippen LogP contribution in [-0.4, -0.2) is 76.6 Å². The summed E-state index contributed by atoms with van der Waals surface area (Å²) in [5.74, 6) is -0.473. The summed E-state index contributed by atoms with van der Waals surface area (Å²) in [5, 5.41) is 0. The van der Waals surface area contributed by atoms with E-state index in [-0.39, 0.29) is 29.7 Å². The predicted molar refractivity (Wildman–Crippen MR) is 133 cm³/mol. The quantitative estimate of drug-likeness (QED) is 0.352. The number of aromatic nitrogens is 4. The Kier molecular flexibility index (Phi) is 5.56. The molecule has 2 saturated heterocycles. The first-order valence-corrected chi connectivity index (χ1v) is 14.9. The SMILES string of the molecule is Cc1ccc(S(=O)(=O)n2ccc3c2ncc2cnc(N4C[C@@H]5C[C@H]4CN5S(=O)(=O)CCC(F)(F)F)n23)cc1. The monoisotopic (exact) mass is 568 g/mol. The molecule has 0 spiro atoms. The predicted octanol–water partition coefficient (Wildman–Crippen LogP) is 2.77. The molecule has 5 heterocycles. The highest BCUT2D eigenvalue weighted by Gasteiger charge is 2.49. The highest BCUT2D eigenvalue weighted by Crippen LogP contribution is 2.37. The molecule has 0 unspecified atom stereocenters.